The molecule has 0 aliphatic carbocycles. The Morgan fingerprint density at radius 1 is 0.385 bits per heavy atom. The molecule has 0 aliphatic rings. The van der Waals surface area contributed by atoms with E-state index < -0.39 is 0 Å². The van der Waals surface area contributed by atoms with Crippen molar-refractivity contribution < 1.29 is 37.5 Å². The van der Waals surface area contributed by atoms with Gasteiger partial charge in [0.15, 0.2) is 0 Å². The first-order valence-electron chi connectivity index (χ1n) is 16.2. The molecule has 0 spiro atoms. The van der Waals surface area contributed by atoms with E-state index in [1.807, 2.05) is 36.4 Å². The average Bonchev–Trinajstić information content (AvgIpc) is 2.93. The van der Waals surface area contributed by atoms with Gasteiger partial charge < -0.3 is 10.2 Å². The molecular weight excluding hydrogens is 577 g/mol. The monoisotopic (exact) mass is 636 g/mol. The van der Waals surface area contributed by atoms with Gasteiger partial charge in [-0.2, -0.15) is 0 Å². The molecule has 0 heterocycles. The van der Waals surface area contributed by atoms with Crippen molar-refractivity contribution in [2.24, 2.45) is 0 Å². The van der Waals surface area contributed by atoms with Gasteiger partial charge in [-0.25, -0.2) is 0 Å². The summed E-state index contributed by atoms with van der Waals surface area (Å²) in [5, 5.41) is 23.0. The third kappa shape index (κ3) is 22.3. The van der Waals surface area contributed by atoms with E-state index >= 15 is 0 Å². The molecule has 2 rings (SSSR count). The standard InChI is InChI=1S/2C18H30O.Cd/c2*1-2-3-4-5-6-7-8-9-10-11-14-17-15-12-13-16-18(17)19;/h2*12-13,15-16,19H,2-11,14H2,1H3;/q;;+2/p-2. The van der Waals surface area contributed by atoms with Crippen LogP contribution in [0.2, 0.25) is 0 Å². The molecule has 2 aromatic carbocycles. The number of unbranched alkanes of at least 4 members (excludes halogenated alkanes) is 18. The molecule has 0 saturated carbocycles. The number of rotatable bonds is 22. The smallest absolute Gasteiger partial charge is 0.872 e. The van der Waals surface area contributed by atoms with Crippen LogP contribution >= 0.6 is 0 Å². The minimum absolute atomic E-state index is 0. The quantitative estimate of drug-likeness (QED) is 0.0955. The van der Waals surface area contributed by atoms with Crippen LogP contribution in [0.5, 0.6) is 11.5 Å². The van der Waals surface area contributed by atoms with E-state index in [1.165, 1.54) is 116 Å². The fourth-order valence-electron chi connectivity index (χ4n) is 5.03. The third-order valence-electron chi connectivity index (χ3n) is 7.54. The van der Waals surface area contributed by atoms with Crippen molar-refractivity contribution >= 4 is 0 Å². The van der Waals surface area contributed by atoms with Gasteiger partial charge in [0.05, 0.1) is 0 Å². The minimum atomic E-state index is 0. The fourth-order valence-corrected chi connectivity index (χ4v) is 5.03. The van der Waals surface area contributed by atoms with Crippen LogP contribution in [0.1, 0.15) is 153 Å². The summed E-state index contributed by atoms with van der Waals surface area (Å²) in [6, 6.07) is 14.9. The zero-order chi connectivity index (χ0) is 27.5. The molecule has 3 heteroatoms. The van der Waals surface area contributed by atoms with Crippen molar-refractivity contribution in [2.45, 2.75) is 155 Å². The van der Waals surface area contributed by atoms with Crippen molar-refractivity contribution in [3.05, 3.63) is 59.7 Å². The van der Waals surface area contributed by atoms with Gasteiger partial charge in [-0.05, 0) is 25.7 Å². The Kier molecular flexibility index (Phi) is 27.7. The van der Waals surface area contributed by atoms with Gasteiger partial charge in [0.2, 0.25) is 0 Å². The summed E-state index contributed by atoms with van der Waals surface area (Å²) in [6.07, 6.45) is 28.9. The zero-order valence-corrected chi connectivity index (χ0v) is 29.7. The summed E-state index contributed by atoms with van der Waals surface area (Å²) in [5.74, 6) is 0.414. The first-order chi connectivity index (χ1) is 18.7. The molecule has 0 bridgehead atoms. The van der Waals surface area contributed by atoms with E-state index in [1.54, 1.807) is 12.1 Å². The molecule has 0 fully saturated rings. The van der Waals surface area contributed by atoms with Crippen LogP contribution < -0.4 is 10.2 Å². The number of benzene rings is 2. The summed E-state index contributed by atoms with van der Waals surface area (Å²) in [5.41, 5.74) is 1.98. The second-order valence-corrected chi connectivity index (χ2v) is 11.1. The molecule has 0 radical (unpaired) electrons. The van der Waals surface area contributed by atoms with Crippen LogP contribution in [-0.2, 0) is 40.1 Å². The number of hydrogen-bond donors (Lipinski definition) is 0. The molecule has 39 heavy (non-hydrogen) atoms. The molecule has 0 atom stereocenters. The van der Waals surface area contributed by atoms with Crippen molar-refractivity contribution in [3.63, 3.8) is 0 Å². The summed E-state index contributed by atoms with van der Waals surface area (Å²) in [6.45, 7) is 4.53. The Bertz CT molecular complexity index is 711. The van der Waals surface area contributed by atoms with E-state index in [9.17, 15) is 10.2 Å². The van der Waals surface area contributed by atoms with Crippen molar-refractivity contribution in [3.8, 4) is 11.5 Å². The normalized spacial score (nSPS) is 10.5. The second-order valence-electron chi connectivity index (χ2n) is 11.1. The van der Waals surface area contributed by atoms with Gasteiger partial charge in [0.1, 0.15) is 0 Å². The molecule has 0 amide bonds. The maximum absolute atomic E-state index is 11.5. The second kappa shape index (κ2) is 28.5. The summed E-state index contributed by atoms with van der Waals surface area (Å²) < 4.78 is 0. The van der Waals surface area contributed by atoms with Gasteiger partial charge in [-0.15, -0.1) is 11.5 Å². The van der Waals surface area contributed by atoms with Crippen LogP contribution in [0.25, 0.3) is 0 Å². The molecule has 0 aromatic heterocycles. The molecular formula is C36H58CdO2. The van der Waals surface area contributed by atoms with Crippen LogP contribution in [0.4, 0.5) is 0 Å². The zero-order valence-electron chi connectivity index (χ0n) is 25.7. The summed E-state index contributed by atoms with van der Waals surface area (Å²) >= 11 is 0. The Morgan fingerprint density at radius 2 is 0.641 bits per heavy atom. The van der Waals surface area contributed by atoms with E-state index in [4.69, 9.17) is 0 Å². The van der Waals surface area contributed by atoms with Crippen LogP contribution in [-0.4, -0.2) is 0 Å². The minimum Gasteiger partial charge on any atom is -0.872 e. The van der Waals surface area contributed by atoms with Crippen molar-refractivity contribution in [1.82, 2.24) is 0 Å². The number of para-hydroxylation sites is 2. The van der Waals surface area contributed by atoms with E-state index in [0.29, 0.717) is 0 Å². The SMILES string of the molecule is CCCCCCCCCCCCc1ccccc1[O-].CCCCCCCCCCCCc1ccccc1[O-].[Cd+2]. The first-order valence-corrected chi connectivity index (χ1v) is 16.2. The number of aryl methyl sites for hydroxylation is 2. The molecule has 0 saturated heterocycles. The first kappa shape index (κ1) is 38.0. The molecule has 216 valence electrons. The Labute approximate surface area is 262 Å². The Balaban J connectivity index is 0.000000722. The van der Waals surface area contributed by atoms with Gasteiger partial charge in [-0.1, -0.05) is 189 Å². The predicted octanol–water partition coefficient (Wildman–Crippen LogP) is 10.4. The molecule has 0 unspecified atom stereocenters. The van der Waals surface area contributed by atoms with Gasteiger partial charge in [0.25, 0.3) is 0 Å². The molecule has 2 nitrogen and oxygen atoms in total. The molecule has 2 aromatic rings. The van der Waals surface area contributed by atoms with Crippen molar-refractivity contribution in [2.75, 3.05) is 0 Å². The maximum Gasteiger partial charge on any atom is 2.00 e. The fraction of sp³-hybridized carbons (Fsp3) is 0.667. The summed E-state index contributed by atoms with van der Waals surface area (Å²) in [7, 11) is 0. The van der Waals surface area contributed by atoms with Crippen LogP contribution in [0, 0.1) is 0 Å². The van der Waals surface area contributed by atoms with Gasteiger partial charge in [0, 0.05) is 0 Å². The van der Waals surface area contributed by atoms with Crippen LogP contribution in [0.3, 0.4) is 0 Å². The van der Waals surface area contributed by atoms with Crippen molar-refractivity contribution in [1.29, 1.82) is 0 Å². The van der Waals surface area contributed by atoms with Gasteiger partial charge in [-0.3, -0.25) is 0 Å². The largest absolute Gasteiger partial charge is 2.00 e. The summed E-state index contributed by atoms with van der Waals surface area (Å²) in [4.78, 5) is 0. The van der Waals surface area contributed by atoms with E-state index in [2.05, 4.69) is 13.8 Å². The average molecular weight is 635 g/mol. The maximum atomic E-state index is 11.5. The van der Waals surface area contributed by atoms with Crippen LogP contribution in [0.15, 0.2) is 48.5 Å². The topological polar surface area (TPSA) is 46.1 Å². The number of hydrogen-bond acceptors (Lipinski definition) is 2. The van der Waals surface area contributed by atoms with E-state index in [0.717, 1.165) is 36.8 Å². The third-order valence-corrected chi connectivity index (χ3v) is 7.54. The molecule has 0 aliphatic heterocycles. The molecule has 0 N–H and O–H groups in total. The van der Waals surface area contributed by atoms with Gasteiger partial charge >= 0.3 is 27.3 Å². The van der Waals surface area contributed by atoms with E-state index in [-0.39, 0.29) is 38.8 Å². The Hall–Kier alpha value is -1.04. The predicted molar refractivity (Wildman–Crippen MR) is 163 cm³/mol. The Morgan fingerprint density at radius 3 is 0.923 bits per heavy atom.